The molecule has 0 aromatic carbocycles. The molecule has 0 saturated carbocycles. The van der Waals surface area contributed by atoms with Crippen molar-refractivity contribution < 1.29 is 4.74 Å². The summed E-state index contributed by atoms with van der Waals surface area (Å²) in [6, 6.07) is 0. The minimum atomic E-state index is 0.668. The lowest BCUT2D eigenvalue weighted by molar-refractivity contribution is 0.195. The number of piperidine rings is 1. The van der Waals surface area contributed by atoms with Crippen molar-refractivity contribution in [2.75, 3.05) is 26.2 Å². The molecular weight excluding hydrogens is 222 g/mol. The van der Waals surface area contributed by atoms with E-state index in [4.69, 9.17) is 4.74 Å². The Morgan fingerprint density at radius 2 is 1.94 bits per heavy atom. The highest BCUT2D eigenvalue weighted by Gasteiger charge is 2.14. The van der Waals surface area contributed by atoms with Gasteiger partial charge < -0.3 is 9.64 Å². The summed E-state index contributed by atoms with van der Waals surface area (Å²) < 4.78 is 5.27. The number of allylic oxidation sites excluding steroid dienone is 2. The number of hydrogen-bond acceptors (Lipinski definition) is 2. The Morgan fingerprint density at radius 1 is 1.28 bits per heavy atom. The standard InChI is InChI=1S/C16H27NO/c1-5-18-16(4)7-6-14(2)8-11-17-12-9-15(3)10-13-17/h6-7,15H,2,4-5,8-13H2,1,3H3/b7-6-. The van der Waals surface area contributed by atoms with Crippen LogP contribution in [0.25, 0.3) is 0 Å². The smallest absolute Gasteiger partial charge is 0.112 e. The number of rotatable bonds is 7. The molecule has 1 fully saturated rings. The lowest BCUT2D eigenvalue weighted by atomic mass is 9.99. The van der Waals surface area contributed by atoms with E-state index < -0.39 is 0 Å². The van der Waals surface area contributed by atoms with Gasteiger partial charge in [-0.3, -0.25) is 0 Å². The van der Waals surface area contributed by atoms with Crippen LogP contribution in [0.4, 0.5) is 0 Å². The lowest BCUT2D eigenvalue weighted by Crippen LogP contribution is -2.33. The van der Waals surface area contributed by atoms with E-state index in [0.717, 1.165) is 24.5 Å². The molecule has 0 N–H and O–H groups in total. The Morgan fingerprint density at radius 3 is 2.56 bits per heavy atom. The first kappa shape index (κ1) is 15.0. The van der Waals surface area contributed by atoms with Gasteiger partial charge in [-0.1, -0.05) is 31.7 Å². The Balaban J connectivity index is 2.18. The maximum Gasteiger partial charge on any atom is 0.112 e. The first-order valence-corrected chi connectivity index (χ1v) is 7.01. The van der Waals surface area contributed by atoms with Crippen LogP contribution in [-0.2, 0) is 4.74 Å². The van der Waals surface area contributed by atoms with Crippen LogP contribution in [0.3, 0.4) is 0 Å². The van der Waals surface area contributed by atoms with Crippen molar-refractivity contribution in [1.82, 2.24) is 4.90 Å². The van der Waals surface area contributed by atoms with Gasteiger partial charge >= 0.3 is 0 Å². The van der Waals surface area contributed by atoms with Crippen molar-refractivity contribution in [3.63, 3.8) is 0 Å². The fourth-order valence-electron chi connectivity index (χ4n) is 2.12. The number of nitrogens with zero attached hydrogens (tertiary/aromatic N) is 1. The second kappa shape index (κ2) is 8.15. The van der Waals surface area contributed by atoms with E-state index in [9.17, 15) is 0 Å². The van der Waals surface area contributed by atoms with Gasteiger partial charge in [0.25, 0.3) is 0 Å². The van der Waals surface area contributed by atoms with Gasteiger partial charge in [-0.15, -0.1) is 0 Å². The molecule has 0 amide bonds. The van der Waals surface area contributed by atoms with E-state index >= 15 is 0 Å². The van der Waals surface area contributed by atoms with Gasteiger partial charge in [0.2, 0.25) is 0 Å². The highest BCUT2D eigenvalue weighted by Crippen LogP contribution is 2.16. The summed E-state index contributed by atoms with van der Waals surface area (Å²) in [5, 5.41) is 0. The SMILES string of the molecule is C=C(/C=C\C(=C)OCC)CCN1CCC(C)CC1. The molecule has 1 saturated heterocycles. The van der Waals surface area contributed by atoms with E-state index in [1.54, 1.807) is 0 Å². The maximum atomic E-state index is 5.27. The van der Waals surface area contributed by atoms with Crippen LogP contribution in [0.1, 0.15) is 33.1 Å². The number of likely N-dealkylation sites (tertiary alicyclic amines) is 1. The summed E-state index contributed by atoms with van der Waals surface area (Å²) in [6.45, 7) is 16.5. The van der Waals surface area contributed by atoms with Crippen molar-refractivity contribution >= 4 is 0 Å². The molecule has 18 heavy (non-hydrogen) atoms. The average Bonchev–Trinajstić information content (AvgIpc) is 2.36. The normalized spacial score (nSPS) is 18.1. The molecule has 1 aliphatic heterocycles. The van der Waals surface area contributed by atoms with Crippen LogP contribution in [-0.4, -0.2) is 31.1 Å². The van der Waals surface area contributed by atoms with Crippen molar-refractivity contribution in [3.8, 4) is 0 Å². The Bertz CT molecular complexity index is 298. The highest BCUT2D eigenvalue weighted by atomic mass is 16.5. The minimum Gasteiger partial charge on any atom is -0.495 e. The van der Waals surface area contributed by atoms with Crippen LogP contribution in [0.5, 0.6) is 0 Å². The third-order valence-corrected chi connectivity index (χ3v) is 3.46. The van der Waals surface area contributed by atoms with Crippen LogP contribution in [0, 0.1) is 5.92 Å². The quantitative estimate of drug-likeness (QED) is 0.503. The second-order valence-corrected chi connectivity index (χ2v) is 5.17. The summed E-state index contributed by atoms with van der Waals surface area (Å²) >= 11 is 0. The highest BCUT2D eigenvalue weighted by molar-refractivity contribution is 5.21. The van der Waals surface area contributed by atoms with E-state index in [1.807, 2.05) is 19.1 Å². The molecule has 0 unspecified atom stereocenters. The van der Waals surface area contributed by atoms with E-state index in [-0.39, 0.29) is 0 Å². The molecule has 2 heteroatoms. The van der Waals surface area contributed by atoms with Crippen molar-refractivity contribution in [2.45, 2.75) is 33.1 Å². The fraction of sp³-hybridized carbons (Fsp3) is 0.625. The zero-order valence-corrected chi connectivity index (χ0v) is 12.0. The summed E-state index contributed by atoms with van der Waals surface area (Å²) in [4.78, 5) is 2.54. The first-order chi connectivity index (χ1) is 8.61. The Hall–Kier alpha value is -1.02. The topological polar surface area (TPSA) is 12.5 Å². The monoisotopic (exact) mass is 249 g/mol. The van der Waals surface area contributed by atoms with Gasteiger partial charge in [0.05, 0.1) is 6.61 Å². The second-order valence-electron chi connectivity index (χ2n) is 5.17. The van der Waals surface area contributed by atoms with Crippen molar-refractivity contribution in [3.05, 3.63) is 36.6 Å². The summed E-state index contributed by atoms with van der Waals surface area (Å²) in [7, 11) is 0. The van der Waals surface area contributed by atoms with Gasteiger partial charge in [-0.25, -0.2) is 0 Å². The molecule has 2 nitrogen and oxygen atoms in total. The number of hydrogen-bond donors (Lipinski definition) is 0. The van der Waals surface area contributed by atoms with Crippen molar-refractivity contribution in [2.24, 2.45) is 5.92 Å². The zero-order valence-electron chi connectivity index (χ0n) is 12.0. The molecule has 1 heterocycles. The number of ether oxygens (including phenoxy) is 1. The zero-order chi connectivity index (χ0) is 13.4. The predicted molar refractivity (Wildman–Crippen MR) is 78.5 cm³/mol. The molecule has 0 radical (unpaired) electrons. The Labute approximate surface area is 112 Å². The molecule has 102 valence electrons. The van der Waals surface area contributed by atoms with Crippen LogP contribution in [0.2, 0.25) is 0 Å². The Kier molecular flexibility index (Phi) is 6.81. The van der Waals surface area contributed by atoms with E-state index in [1.165, 1.54) is 25.9 Å². The fourth-order valence-corrected chi connectivity index (χ4v) is 2.12. The van der Waals surface area contributed by atoms with Crippen molar-refractivity contribution in [1.29, 1.82) is 0 Å². The summed E-state index contributed by atoms with van der Waals surface area (Å²) in [5.41, 5.74) is 1.15. The molecular formula is C16H27NO. The molecule has 0 bridgehead atoms. The van der Waals surface area contributed by atoms with Crippen LogP contribution in [0.15, 0.2) is 36.6 Å². The van der Waals surface area contributed by atoms with E-state index in [0.29, 0.717) is 12.4 Å². The third-order valence-electron chi connectivity index (χ3n) is 3.46. The van der Waals surface area contributed by atoms with Gasteiger partial charge in [0.15, 0.2) is 0 Å². The molecule has 0 aromatic rings. The molecule has 0 aromatic heterocycles. The molecule has 1 rings (SSSR count). The molecule has 0 spiro atoms. The average molecular weight is 249 g/mol. The molecule has 0 atom stereocenters. The van der Waals surface area contributed by atoms with Crippen LogP contribution >= 0.6 is 0 Å². The maximum absolute atomic E-state index is 5.27. The molecule has 1 aliphatic rings. The predicted octanol–water partition coefficient (Wildman–Crippen LogP) is 3.77. The third kappa shape index (κ3) is 6.06. The lowest BCUT2D eigenvalue weighted by Gasteiger charge is -2.30. The van der Waals surface area contributed by atoms with Gasteiger partial charge in [0.1, 0.15) is 5.76 Å². The first-order valence-electron chi connectivity index (χ1n) is 7.01. The summed E-state index contributed by atoms with van der Waals surface area (Å²) in [6.07, 6.45) is 7.63. The molecule has 0 aliphatic carbocycles. The summed E-state index contributed by atoms with van der Waals surface area (Å²) in [5.74, 6) is 1.62. The van der Waals surface area contributed by atoms with Gasteiger partial charge in [-0.05, 0) is 51.3 Å². The van der Waals surface area contributed by atoms with E-state index in [2.05, 4.69) is 25.0 Å². The van der Waals surface area contributed by atoms with Gasteiger partial charge in [-0.2, -0.15) is 0 Å². The largest absolute Gasteiger partial charge is 0.495 e. The van der Waals surface area contributed by atoms with Gasteiger partial charge in [0, 0.05) is 6.54 Å². The minimum absolute atomic E-state index is 0.668. The van der Waals surface area contributed by atoms with Crippen LogP contribution < -0.4 is 0 Å².